The molecule has 0 N–H and O–H groups in total. The summed E-state index contributed by atoms with van der Waals surface area (Å²) in [6, 6.07) is 7.74. The lowest BCUT2D eigenvalue weighted by Crippen LogP contribution is -2.13. The van der Waals surface area contributed by atoms with Crippen molar-refractivity contribution in [3.05, 3.63) is 30.3 Å². The third-order valence-electron chi connectivity index (χ3n) is 3.72. The van der Waals surface area contributed by atoms with E-state index < -0.39 is 16.1 Å². The largest absolute Gasteiger partial charge is 0.342 e. The van der Waals surface area contributed by atoms with Gasteiger partial charge >= 0.3 is 16.1 Å². The molecule has 1 rings (SSSR count). The maximum atomic E-state index is 11.9. The van der Waals surface area contributed by atoms with E-state index in [0.717, 1.165) is 12.8 Å². The molecule has 23 heavy (non-hydrogen) atoms. The number of benzene rings is 1. The number of hydrogen-bond donors (Lipinski definition) is 0. The topological polar surface area (TPSA) is 60.4 Å². The van der Waals surface area contributed by atoms with Gasteiger partial charge in [-0.1, -0.05) is 76.5 Å². The Morgan fingerprint density at radius 1 is 0.870 bits per heavy atom. The van der Waals surface area contributed by atoms with Gasteiger partial charge in [0, 0.05) is 6.42 Å². The second kappa shape index (κ2) is 11.2. The van der Waals surface area contributed by atoms with E-state index in [-0.39, 0.29) is 11.3 Å². The van der Waals surface area contributed by atoms with E-state index in [9.17, 15) is 13.2 Å². The van der Waals surface area contributed by atoms with Gasteiger partial charge in [-0.05, 0) is 18.6 Å². The Labute approximate surface area is 140 Å². The Morgan fingerprint density at radius 2 is 1.39 bits per heavy atom. The van der Waals surface area contributed by atoms with Gasteiger partial charge in [-0.15, -0.1) is 0 Å². The number of rotatable bonds is 12. The van der Waals surface area contributed by atoms with E-state index in [1.807, 2.05) is 0 Å². The number of hydrogen-bond acceptors (Lipinski definition) is 4. The van der Waals surface area contributed by atoms with Gasteiger partial charge in [-0.25, -0.2) is 0 Å². The second-order valence-corrected chi connectivity index (χ2v) is 7.35. The van der Waals surface area contributed by atoms with Crippen molar-refractivity contribution in [1.29, 1.82) is 0 Å². The molecule has 0 saturated heterocycles. The van der Waals surface area contributed by atoms with E-state index in [1.54, 1.807) is 18.2 Å². The highest BCUT2D eigenvalue weighted by atomic mass is 32.2. The summed E-state index contributed by atoms with van der Waals surface area (Å²) in [6.07, 6.45) is 10.4. The van der Waals surface area contributed by atoms with Crippen LogP contribution >= 0.6 is 0 Å². The predicted molar refractivity (Wildman–Crippen MR) is 91.6 cm³/mol. The first-order valence-electron chi connectivity index (χ1n) is 8.58. The Hall–Kier alpha value is -1.36. The fourth-order valence-corrected chi connectivity index (χ4v) is 3.29. The molecule has 0 fully saturated rings. The highest BCUT2D eigenvalue weighted by Crippen LogP contribution is 2.14. The standard InChI is InChI=1S/C18H28O4S/c1-2-3-4-5-6-7-8-9-13-16-18(19)22-23(20,21)17-14-11-10-12-15-17/h10-12,14-15H,2-9,13,16H2,1H3. The monoisotopic (exact) mass is 340 g/mol. The molecule has 0 radical (unpaired) electrons. The molecular weight excluding hydrogens is 312 g/mol. The van der Waals surface area contributed by atoms with Gasteiger partial charge in [0.25, 0.3) is 0 Å². The summed E-state index contributed by atoms with van der Waals surface area (Å²) in [5.41, 5.74) is 0. The first kappa shape index (κ1) is 19.7. The zero-order valence-electron chi connectivity index (χ0n) is 14.0. The molecule has 0 aromatic heterocycles. The normalized spacial score (nSPS) is 11.3. The summed E-state index contributed by atoms with van der Waals surface area (Å²) in [4.78, 5) is 11.7. The highest BCUT2D eigenvalue weighted by Gasteiger charge is 2.19. The summed E-state index contributed by atoms with van der Waals surface area (Å²) in [5, 5.41) is 0. The van der Waals surface area contributed by atoms with Crippen molar-refractivity contribution in [3.63, 3.8) is 0 Å². The zero-order valence-corrected chi connectivity index (χ0v) is 14.8. The molecule has 0 saturated carbocycles. The van der Waals surface area contributed by atoms with E-state index >= 15 is 0 Å². The SMILES string of the molecule is CCCCCCCCCCCC(=O)OS(=O)(=O)c1ccccc1. The van der Waals surface area contributed by atoms with Gasteiger partial charge in [-0.3, -0.25) is 4.79 Å². The molecule has 0 aliphatic rings. The molecule has 4 nitrogen and oxygen atoms in total. The number of carbonyl (C=O) groups excluding carboxylic acids is 1. The molecular formula is C18H28O4S. The summed E-state index contributed by atoms with van der Waals surface area (Å²) < 4.78 is 28.3. The minimum absolute atomic E-state index is 0.0143. The summed E-state index contributed by atoms with van der Waals surface area (Å²) >= 11 is 0. The highest BCUT2D eigenvalue weighted by molar-refractivity contribution is 7.87. The Bertz CT molecular complexity index is 537. The van der Waals surface area contributed by atoms with Crippen molar-refractivity contribution >= 4 is 16.1 Å². The molecule has 0 spiro atoms. The molecule has 1 aromatic carbocycles. The molecule has 0 heterocycles. The first-order valence-corrected chi connectivity index (χ1v) is 9.99. The summed E-state index contributed by atoms with van der Waals surface area (Å²) in [6.45, 7) is 2.21. The van der Waals surface area contributed by atoms with Crippen LogP contribution in [0.1, 0.15) is 71.1 Å². The Morgan fingerprint density at radius 3 is 1.96 bits per heavy atom. The molecule has 0 aliphatic carbocycles. The van der Waals surface area contributed by atoms with Crippen LogP contribution in [0.4, 0.5) is 0 Å². The molecule has 0 aliphatic heterocycles. The van der Waals surface area contributed by atoms with Crippen LogP contribution in [-0.4, -0.2) is 14.4 Å². The minimum atomic E-state index is -3.97. The van der Waals surface area contributed by atoms with Gasteiger partial charge in [0.2, 0.25) is 0 Å². The van der Waals surface area contributed by atoms with Crippen LogP contribution in [-0.2, 0) is 19.1 Å². The second-order valence-electron chi connectivity index (χ2n) is 5.80. The third-order valence-corrected chi connectivity index (χ3v) is 4.97. The van der Waals surface area contributed by atoms with Gasteiger partial charge in [0.05, 0.1) is 0 Å². The predicted octanol–water partition coefficient (Wildman–Crippen LogP) is 4.84. The van der Waals surface area contributed by atoms with E-state index in [4.69, 9.17) is 0 Å². The first-order chi connectivity index (χ1) is 11.1. The lowest BCUT2D eigenvalue weighted by molar-refractivity contribution is -0.133. The maximum absolute atomic E-state index is 11.9. The van der Waals surface area contributed by atoms with Crippen LogP contribution in [0, 0.1) is 0 Å². The fourth-order valence-electron chi connectivity index (χ4n) is 2.38. The van der Waals surface area contributed by atoms with Crippen molar-refractivity contribution in [2.24, 2.45) is 0 Å². The van der Waals surface area contributed by atoms with Crippen molar-refractivity contribution in [3.8, 4) is 0 Å². The van der Waals surface area contributed by atoms with Gasteiger partial charge in [0.1, 0.15) is 4.90 Å². The van der Waals surface area contributed by atoms with Crippen molar-refractivity contribution in [1.82, 2.24) is 0 Å². The maximum Gasteiger partial charge on any atom is 0.341 e. The van der Waals surface area contributed by atoms with Crippen LogP contribution < -0.4 is 0 Å². The Balaban J connectivity index is 2.13. The van der Waals surface area contributed by atoms with E-state index in [1.165, 1.54) is 50.7 Å². The average Bonchev–Trinajstić information content (AvgIpc) is 2.54. The lowest BCUT2D eigenvalue weighted by Gasteiger charge is -2.05. The molecule has 0 atom stereocenters. The van der Waals surface area contributed by atoms with Crippen LogP contribution in [0.3, 0.4) is 0 Å². The smallest absolute Gasteiger partial charge is 0.341 e. The van der Waals surface area contributed by atoms with Gasteiger partial charge < -0.3 is 4.18 Å². The van der Waals surface area contributed by atoms with Gasteiger partial charge in [0.15, 0.2) is 0 Å². The molecule has 0 amide bonds. The molecule has 0 bridgehead atoms. The lowest BCUT2D eigenvalue weighted by atomic mass is 10.1. The average molecular weight is 340 g/mol. The molecule has 5 heteroatoms. The van der Waals surface area contributed by atoms with Crippen molar-refractivity contribution in [2.45, 2.75) is 76.0 Å². The summed E-state index contributed by atoms with van der Waals surface area (Å²) in [7, 11) is -3.97. The van der Waals surface area contributed by atoms with Crippen LogP contribution in [0.15, 0.2) is 35.2 Å². The van der Waals surface area contributed by atoms with E-state index in [0.29, 0.717) is 6.42 Å². The van der Waals surface area contributed by atoms with Crippen LogP contribution in [0.5, 0.6) is 0 Å². The quantitative estimate of drug-likeness (QED) is 0.403. The van der Waals surface area contributed by atoms with Crippen LogP contribution in [0.25, 0.3) is 0 Å². The molecule has 130 valence electrons. The van der Waals surface area contributed by atoms with Gasteiger partial charge in [-0.2, -0.15) is 8.42 Å². The van der Waals surface area contributed by atoms with Crippen molar-refractivity contribution < 1.29 is 17.4 Å². The molecule has 1 aromatic rings. The fraction of sp³-hybridized carbons (Fsp3) is 0.611. The Kier molecular flexibility index (Phi) is 9.60. The van der Waals surface area contributed by atoms with Crippen LogP contribution in [0.2, 0.25) is 0 Å². The molecule has 0 unspecified atom stereocenters. The number of carbonyl (C=O) groups is 1. The van der Waals surface area contributed by atoms with E-state index in [2.05, 4.69) is 11.1 Å². The minimum Gasteiger partial charge on any atom is -0.342 e. The zero-order chi connectivity index (χ0) is 17.0. The third kappa shape index (κ3) is 8.74. The number of unbranched alkanes of at least 4 members (excludes halogenated alkanes) is 8. The summed E-state index contributed by atoms with van der Waals surface area (Å²) in [5.74, 6) is -0.670. The van der Waals surface area contributed by atoms with Crippen molar-refractivity contribution in [2.75, 3.05) is 0 Å².